The van der Waals surface area contributed by atoms with E-state index in [2.05, 4.69) is 292 Å². The van der Waals surface area contributed by atoms with E-state index in [-0.39, 0.29) is 0 Å². The van der Waals surface area contributed by atoms with Crippen LogP contribution in [-0.4, -0.2) is 8.07 Å². The summed E-state index contributed by atoms with van der Waals surface area (Å²) in [7, 11) is -3.70. The van der Waals surface area contributed by atoms with Gasteiger partial charge in [0.1, 0.15) is 8.07 Å². The molecule has 0 nitrogen and oxygen atoms in total. The number of rotatable bonds is 12. The normalized spacial score (nSPS) is 13.3. The second-order valence-electron chi connectivity index (χ2n) is 18.1. The summed E-state index contributed by atoms with van der Waals surface area (Å²) >= 11 is 0. The molecule has 0 aliphatic carbocycles. The van der Waals surface area contributed by atoms with Crippen LogP contribution in [0.15, 0.2) is 279 Å². The zero-order valence-electron chi connectivity index (χ0n) is 39.0. The summed E-state index contributed by atoms with van der Waals surface area (Å²) < 4.78 is 0. The van der Waals surface area contributed by atoms with Crippen LogP contribution in [0, 0.1) is 0 Å². The lowest BCUT2D eigenvalue weighted by Crippen LogP contribution is -2.28. The van der Waals surface area contributed by atoms with E-state index in [0.29, 0.717) is 0 Å². The standard InChI is InChI=1S/C66H52P2Si/c1-69(2)65(55-37-33-49(34-38-55)51-41-45-61(46-42-51)67(57-25-13-5-14-26-57)58-27-15-6-16-28-58)63(53-21-9-3-10-22-53)64(54-23-11-4-12-24-54)66(69)56-39-35-50(36-40-56)52-43-47-62(48-44-52)68(59-29-17-7-18-30-59)60-31-19-8-20-32-60/h3-48H,1-2H3. The molecule has 0 unspecified atom stereocenters. The molecule has 10 aromatic carbocycles. The topological polar surface area (TPSA) is 0 Å². The van der Waals surface area contributed by atoms with Crippen LogP contribution in [-0.2, 0) is 0 Å². The fourth-order valence-electron chi connectivity index (χ4n) is 10.3. The molecule has 69 heavy (non-hydrogen) atoms. The van der Waals surface area contributed by atoms with Crippen molar-refractivity contribution >= 4 is 77.3 Å². The third-order valence-electron chi connectivity index (χ3n) is 13.4. The minimum Gasteiger partial charge on any atom is -0.0622 e. The fraction of sp³-hybridized carbons (Fsp3) is 0.0303. The molecular weight excluding hydrogens is 883 g/mol. The minimum atomic E-state index is -2.37. The van der Waals surface area contributed by atoms with Gasteiger partial charge in [-0.25, -0.2) is 0 Å². The molecule has 0 fully saturated rings. The third kappa shape index (κ3) is 8.99. The smallest absolute Gasteiger partial charge is 0.0622 e. The maximum absolute atomic E-state index is 2.56. The molecule has 0 amide bonds. The number of benzene rings is 10. The van der Waals surface area contributed by atoms with Crippen LogP contribution in [0.25, 0.3) is 43.8 Å². The highest BCUT2D eigenvalue weighted by Gasteiger charge is 2.43. The summed E-state index contributed by atoms with van der Waals surface area (Å²) in [6.45, 7) is 5.12. The molecule has 0 bridgehead atoms. The van der Waals surface area contributed by atoms with Crippen molar-refractivity contribution in [1.82, 2.24) is 0 Å². The van der Waals surface area contributed by atoms with Crippen molar-refractivity contribution in [3.8, 4) is 22.3 Å². The molecule has 330 valence electrons. The van der Waals surface area contributed by atoms with Gasteiger partial charge in [0.05, 0.1) is 0 Å². The molecule has 0 aromatic heterocycles. The average molecular weight is 935 g/mol. The summed E-state index contributed by atoms with van der Waals surface area (Å²) in [6.07, 6.45) is 0. The summed E-state index contributed by atoms with van der Waals surface area (Å²) in [5.41, 5.74) is 12.7. The molecule has 3 heteroatoms. The Morgan fingerprint density at radius 3 is 0.667 bits per heavy atom. The molecule has 0 spiro atoms. The molecule has 0 atom stereocenters. The first-order chi connectivity index (χ1) is 34.0. The van der Waals surface area contributed by atoms with E-state index in [1.807, 2.05) is 0 Å². The highest BCUT2D eigenvalue weighted by atomic mass is 31.1. The van der Waals surface area contributed by atoms with Gasteiger partial charge in [0.25, 0.3) is 0 Å². The lowest BCUT2D eigenvalue weighted by atomic mass is 9.89. The monoisotopic (exact) mass is 934 g/mol. The molecule has 1 heterocycles. The van der Waals surface area contributed by atoms with Gasteiger partial charge in [-0.3, -0.25) is 0 Å². The average Bonchev–Trinajstić information content (AvgIpc) is 3.67. The van der Waals surface area contributed by atoms with E-state index in [1.165, 1.54) is 97.9 Å². The Morgan fingerprint density at radius 2 is 0.406 bits per heavy atom. The van der Waals surface area contributed by atoms with Gasteiger partial charge in [-0.15, -0.1) is 0 Å². The Bertz CT molecular complexity index is 3060. The Hall–Kier alpha value is -7.24. The first-order valence-electron chi connectivity index (χ1n) is 23.8. The van der Waals surface area contributed by atoms with E-state index in [9.17, 15) is 0 Å². The Kier molecular flexibility index (Phi) is 12.7. The molecule has 0 N–H and O–H groups in total. The summed E-state index contributed by atoms with van der Waals surface area (Å²) in [6, 6.07) is 104. The van der Waals surface area contributed by atoms with Gasteiger partial charge >= 0.3 is 0 Å². The van der Waals surface area contributed by atoms with E-state index in [4.69, 9.17) is 0 Å². The second-order valence-corrected chi connectivity index (χ2v) is 26.8. The Labute approximate surface area is 411 Å². The zero-order valence-corrected chi connectivity index (χ0v) is 41.7. The predicted octanol–water partition coefficient (Wildman–Crippen LogP) is 14.9. The predicted molar refractivity (Wildman–Crippen MR) is 305 cm³/mol. The molecule has 0 saturated heterocycles. The van der Waals surface area contributed by atoms with Gasteiger partial charge in [0, 0.05) is 0 Å². The van der Waals surface area contributed by atoms with Gasteiger partial charge in [0.15, 0.2) is 0 Å². The quantitative estimate of drug-likeness (QED) is 0.0846. The summed E-state index contributed by atoms with van der Waals surface area (Å²) in [5, 5.41) is 11.1. The van der Waals surface area contributed by atoms with Gasteiger partial charge in [0.2, 0.25) is 0 Å². The van der Waals surface area contributed by atoms with Crippen molar-refractivity contribution in [2.75, 3.05) is 0 Å². The lowest BCUT2D eigenvalue weighted by Gasteiger charge is -2.27. The lowest BCUT2D eigenvalue weighted by molar-refractivity contribution is 1.57. The highest BCUT2D eigenvalue weighted by Crippen LogP contribution is 2.56. The molecular formula is C66H52P2Si. The fourth-order valence-corrected chi connectivity index (χ4v) is 18.6. The van der Waals surface area contributed by atoms with Crippen LogP contribution in [0.3, 0.4) is 0 Å². The van der Waals surface area contributed by atoms with Crippen molar-refractivity contribution in [3.05, 3.63) is 301 Å². The Morgan fingerprint density at radius 1 is 0.203 bits per heavy atom. The second kappa shape index (κ2) is 19.8. The molecule has 1 aliphatic heterocycles. The Balaban J connectivity index is 0.945. The van der Waals surface area contributed by atoms with Gasteiger partial charge in [-0.1, -0.05) is 292 Å². The van der Waals surface area contributed by atoms with Gasteiger partial charge < -0.3 is 0 Å². The van der Waals surface area contributed by atoms with Crippen molar-refractivity contribution in [1.29, 1.82) is 0 Å². The minimum absolute atomic E-state index is 0.662. The first-order valence-corrected chi connectivity index (χ1v) is 29.5. The van der Waals surface area contributed by atoms with Crippen molar-refractivity contribution in [2.24, 2.45) is 0 Å². The molecule has 11 rings (SSSR count). The maximum atomic E-state index is 2.56. The largest absolute Gasteiger partial charge is 0.115 e. The van der Waals surface area contributed by atoms with Crippen LogP contribution in [0.2, 0.25) is 13.1 Å². The van der Waals surface area contributed by atoms with Crippen molar-refractivity contribution in [2.45, 2.75) is 13.1 Å². The van der Waals surface area contributed by atoms with Crippen LogP contribution < -0.4 is 31.8 Å². The maximum Gasteiger partial charge on any atom is 0.115 e. The van der Waals surface area contributed by atoms with Crippen LogP contribution in [0.1, 0.15) is 22.3 Å². The SMILES string of the molecule is C[Si]1(C)C(c2ccc(-c3ccc(P(c4ccccc4)c4ccccc4)cc3)cc2)=C(c2ccccc2)C(c2ccccc2)=C1c1ccc(-c2ccc(P(c3ccccc3)c3ccccc3)cc2)cc1. The third-order valence-corrected chi connectivity index (χ3v) is 21.9. The highest BCUT2D eigenvalue weighted by molar-refractivity contribution is 7.80. The number of hydrogen-bond donors (Lipinski definition) is 0. The number of hydrogen-bond acceptors (Lipinski definition) is 0. The first kappa shape index (κ1) is 44.3. The van der Waals surface area contributed by atoms with Crippen LogP contribution in [0.4, 0.5) is 0 Å². The van der Waals surface area contributed by atoms with E-state index in [1.54, 1.807) is 0 Å². The van der Waals surface area contributed by atoms with Gasteiger partial charge in [-0.2, -0.15) is 0 Å². The van der Waals surface area contributed by atoms with Crippen molar-refractivity contribution < 1.29 is 0 Å². The molecule has 0 saturated carbocycles. The number of allylic oxidation sites excluding steroid dienone is 2. The van der Waals surface area contributed by atoms with E-state index >= 15 is 0 Å². The van der Waals surface area contributed by atoms with E-state index < -0.39 is 23.9 Å². The van der Waals surface area contributed by atoms with E-state index in [0.717, 1.165) is 0 Å². The summed E-state index contributed by atoms with van der Waals surface area (Å²) in [5.74, 6) is 0. The molecule has 10 aromatic rings. The summed E-state index contributed by atoms with van der Waals surface area (Å²) in [4.78, 5) is 0. The molecule has 0 radical (unpaired) electrons. The zero-order chi connectivity index (χ0) is 46.6. The van der Waals surface area contributed by atoms with Crippen molar-refractivity contribution in [3.63, 3.8) is 0 Å². The van der Waals surface area contributed by atoms with Gasteiger partial charge in [-0.05, 0) is 114 Å². The molecule has 1 aliphatic rings. The van der Waals surface area contributed by atoms with Crippen LogP contribution in [0.5, 0.6) is 0 Å². The van der Waals surface area contributed by atoms with Crippen LogP contribution >= 0.6 is 15.8 Å².